The Hall–Kier alpha value is -3.04. The van der Waals surface area contributed by atoms with Crippen LogP contribution in [0.1, 0.15) is 36.4 Å². The highest BCUT2D eigenvalue weighted by molar-refractivity contribution is 7.89. The molecule has 0 aliphatic heterocycles. The fourth-order valence-electron chi connectivity index (χ4n) is 3.87. The monoisotopic (exact) mass is 467 g/mol. The molecule has 0 radical (unpaired) electrons. The number of hydrogen-bond acceptors (Lipinski definition) is 6. The van der Waals surface area contributed by atoms with Crippen molar-refractivity contribution in [2.75, 3.05) is 13.6 Å². The molecule has 2 heterocycles. The van der Waals surface area contributed by atoms with Crippen LogP contribution in [-0.4, -0.2) is 46.0 Å². The molecule has 4 rings (SSSR count). The van der Waals surface area contributed by atoms with Crippen molar-refractivity contribution in [3.8, 4) is 0 Å². The number of para-hydroxylation sites is 2. The highest BCUT2D eigenvalue weighted by Crippen LogP contribution is 2.20. The van der Waals surface area contributed by atoms with Crippen LogP contribution in [0.25, 0.3) is 11.0 Å². The molecule has 4 aromatic rings. The number of nitrogens with zero attached hydrogens (tertiary/aromatic N) is 5. The summed E-state index contributed by atoms with van der Waals surface area (Å²) in [4.78, 5) is 9.11. The van der Waals surface area contributed by atoms with E-state index in [1.165, 1.54) is 4.31 Å². The molecule has 174 valence electrons. The lowest BCUT2D eigenvalue weighted by molar-refractivity contribution is 0.340. The summed E-state index contributed by atoms with van der Waals surface area (Å²) in [6, 6.07) is 15.1. The number of rotatable bonds is 9. The van der Waals surface area contributed by atoms with Crippen molar-refractivity contribution in [3.63, 3.8) is 0 Å². The number of fused-ring (bicyclic) bond motifs is 1. The number of hydrogen-bond donors (Lipinski definition) is 0. The number of benzene rings is 2. The lowest BCUT2D eigenvalue weighted by Gasteiger charge is -2.19. The zero-order chi connectivity index (χ0) is 23.6. The third kappa shape index (κ3) is 5.15. The average molecular weight is 468 g/mol. The molecule has 0 saturated carbocycles. The summed E-state index contributed by atoms with van der Waals surface area (Å²) < 4.78 is 34.8. The first-order valence-corrected chi connectivity index (χ1v) is 12.4. The molecule has 0 spiro atoms. The van der Waals surface area contributed by atoms with E-state index in [0.29, 0.717) is 42.5 Å². The van der Waals surface area contributed by atoms with Gasteiger partial charge in [-0.3, -0.25) is 0 Å². The number of imidazole rings is 1. The van der Waals surface area contributed by atoms with Gasteiger partial charge >= 0.3 is 0 Å². The minimum absolute atomic E-state index is 0.220. The average Bonchev–Trinajstić information content (AvgIpc) is 3.34. The molecule has 0 amide bonds. The van der Waals surface area contributed by atoms with Crippen LogP contribution in [0.15, 0.2) is 57.9 Å². The quantitative estimate of drug-likeness (QED) is 0.370. The molecule has 2 aromatic heterocycles. The molecule has 0 saturated heterocycles. The van der Waals surface area contributed by atoms with Crippen LogP contribution in [0.2, 0.25) is 0 Å². The van der Waals surface area contributed by atoms with Gasteiger partial charge < -0.3 is 9.09 Å². The molecular weight excluding hydrogens is 438 g/mol. The van der Waals surface area contributed by atoms with Crippen molar-refractivity contribution in [1.29, 1.82) is 0 Å². The number of aromatic nitrogens is 4. The minimum atomic E-state index is -3.56. The third-order valence-electron chi connectivity index (χ3n) is 5.85. The summed E-state index contributed by atoms with van der Waals surface area (Å²) in [7, 11) is -1.94. The van der Waals surface area contributed by atoms with Crippen LogP contribution in [0.3, 0.4) is 0 Å². The van der Waals surface area contributed by atoms with E-state index in [0.717, 1.165) is 22.4 Å². The fraction of sp³-hybridized carbons (Fsp3) is 0.375. The van der Waals surface area contributed by atoms with E-state index < -0.39 is 10.0 Å². The molecule has 0 fully saturated rings. The van der Waals surface area contributed by atoms with Crippen molar-refractivity contribution in [2.24, 2.45) is 5.92 Å². The Labute approximate surface area is 194 Å². The van der Waals surface area contributed by atoms with Crippen LogP contribution in [0.4, 0.5) is 0 Å². The van der Waals surface area contributed by atoms with E-state index in [9.17, 15) is 8.42 Å². The summed E-state index contributed by atoms with van der Waals surface area (Å²) in [5.41, 5.74) is 3.04. The second kappa shape index (κ2) is 9.44. The molecule has 0 N–H and O–H groups in total. The van der Waals surface area contributed by atoms with Gasteiger partial charge in [0.2, 0.25) is 15.9 Å². The summed E-state index contributed by atoms with van der Waals surface area (Å²) in [6.07, 6.45) is 1.33. The summed E-state index contributed by atoms with van der Waals surface area (Å²) in [6.45, 7) is 6.86. The van der Waals surface area contributed by atoms with Gasteiger partial charge in [0.1, 0.15) is 5.82 Å². The van der Waals surface area contributed by atoms with Crippen molar-refractivity contribution in [2.45, 2.75) is 45.1 Å². The smallest absolute Gasteiger partial charge is 0.242 e. The predicted octanol–water partition coefficient (Wildman–Crippen LogP) is 3.97. The van der Waals surface area contributed by atoms with E-state index in [-0.39, 0.29) is 5.92 Å². The van der Waals surface area contributed by atoms with E-state index in [1.807, 2.05) is 43.3 Å². The zero-order valence-corrected chi connectivity index (χ0v) is 20.2. The van der Waals surface area contributed by atoms with Crippen LogP contribution >= 0.6 is 0 Å². The molecule has 33 heavy (non-hydrogen) atoms. The van der Waals surface area contributed by atoms with Gasteiger partial charge in [-0.15, -0.1) is 0 Å². The first kappa shape index (κ1) is 23.1. The van der Waals surface area contributed by atoms with E-state index in [1.54, 1.807) is 26.1 Å². The van der Waals surface area contributed by atoms with Gasteiger partial charge in [0.15, 0.2) is 5.82 Å². The molecule has 1 atom stereocenters. The molecule has 2 aromatic carbocycles. The largest absolute Gasteiger partial charge is 0.339 e. The maximum absolute atomic E-state index is 13.0. The van der Waals surface area contributed by atoms with Crippen LogP contribution in [0.5, 0.6) is 0 Å². The van der Waals surface area contributed by atoms with E-state index in [2.05, 4.69) is 26.6 Å². The predicted molar refractivity (Wildman–Crippen MR) is 126 cm³/mol. The van der Waals surface area contributed by atoms with Crippen molar-refractivity contribution >= 4 is 21.1 Å². The first-order valence-electron chi connectivity index (χ1n) is 11.0. The third-order valence-corrected chi connectivity index (χ3v) is 7.72. The highest BCUT2D eigenvalue weighted by atomic mass is 32.2. The summed E-state index contributed by atoms with van der Waals surface area (Å²) in [5.74, 6) is 2.34. The summed E-state index contributed by atoms with van der Waals surface area (Å²) in [5, 5.41) is 3.80. The minimum Gasteiger partial charge on any atom is -0.339 e. The van der Waals surface area contributed by atoms with Crippen LogP contribution < -0.4 is 0 Å². The lowest BCUT2D eigenvalue weighted by Crippen LogP contribution is -2.29. The van der Waals surface area contributed by atoms with Crippen LogP contribution in [-0.2, 0) is 23.0 Å². The molecule has 1 unspecified atom stereocenters. The van der Waals surface area contributed by atoms with Crippen molar-refractivity contribution < 1.29 is 12.9 Å². The highest BCUT2D eigenvalue weighted by Gasteiger charge is 2.21. The SMILES string of the molecule is Cc1noc(CC(C)CCN(C)S(=O)(=O)c2ccc(Cn3c(C)nc4ccccc43)cc2)n1. The van der Waals surface area contributed by atoms with Gasteiger partial charge in [-0.25, -0.2) is 17.7 Å². The Bertz CT molecular complexity index is 1340. The maximum atomic E-state index is 13.0. The normalized spacial score (nSPS) is 13.1. The molecule has 8 nitrogen and oxygen atoms in total. The Balaban J connectivity index is 1.40. The summed E-state index contributed by atoms with van der Waals surface area (Å²) >= 11 is 0. The van der Waals surface area contributed by atoms with Gasteiger partial charge in [-0.2, -0.15) is 4.98 Å². The van der Waals surface area contributed by atoms with E-state index in [4.69, 9.17) is 4.52 Å². The van der Waals surface area contributed by atoms with Gasteiger partial charge in [0.05, 0.1) is 15.9 Å². The van der Waals surface area contributed by atoms with Crippen LogP contribution in [0, 0.1) is 19.8 Å². The first-order chi connectivity index (χ1) is 15.7. The van der Waals surface area contributed by atoms with Gasteiger partial charge in [0.25, 0.3) is 0 Å². The molecular formula is C24H29N5O3S. The van der Waals surface area contributed by atoms with Gasteiger partial charge in [-0.05, 0) is 56.0 Å². The second-order valence-electron chi connectivity index (χ2n) is 8.54. The standard InChI is InChI=1S/C24H29N5O3S/c1-17(15-24-25-18(2)27-32-24)13-14-28(4)33(30,31)21-11-9-20(10-12-21)16-29-19(3)26-22-7-5-6-8-23(22)29/h5-12,17H,13-16H2,1-4H3. The molecule has 9 heteroatoms. The number of aryl methyl sites for hydroxylation is 2. The second-order valence-corrected chi connectivity index (χ2v) is 10.6. The van der Waals surface area contributed by atoms with Gasteiger partial charge in [-0.1, -0.05) is 36.3 Å². The Morgan fingerprint density at radius 3 is 2.48 bits per heavy atom. The molecule has 0 bridgehead atoms. The van der Waals surface area contributed by atoms with E-state index >= 15 is 0 Å². The number of sulfonamides is 1. The Kier molecular flexibility index (Phi) is 6.62. The Morgan fingerprint density at radius 1 is 1.06 bits per heavy atom. The molecule has 0 aliphatic carbocycles. The molecule has 0 aliphatic rings. The Morgan fingerprint density at radius 2 is 1.79 bits per heavy atom. The van der Waals surface area contributed by atoms with Crippen molar-refractivity contribution in [1.82, 2.24) is 24.0 Å². The lowest BCUT2D eigenvalue weighted by atomic mass is 10.0. The topological polar surface area (TPSA) is 94.1 Å². The van der Waals surface area contributed by atoms with Crippen molar-refractivity contribution in [3.05, 3.63) is 71.6 Å². The maximum Gasteiger partial charge on any atom is 0.242 e. The van der Waals surface area contributed by atoms with Gasteiger partial charge in [0, 0.05) is 26.6 Å². The zero-order valence-electron chi connectivity index (χ0n) is 19.4. The fourth-order valence-corrected chi connectivity index (χ4v) is 5.06.